The third-order valence-electron chi connectivity index (χ3n) is 4.50. The molecule has 28 heavy (non-hydrogen) atoms. The van der Waals surface area contributed by atoms with Gasteiger partial charge in [-0.2, -0.15) is 0 Å². The smallest absolute Gasteiger partial charge is 0.290 e. The van der Waals surface area contributed by atoms with E-state index in [-0.39, 0.29) is 23.2 Å². The van der Waals surface area contributed by atoms with Crippen LogP contribution in [0.25, 0.3) is 0 Å². The van der Waals surface area contributed by atoms with Crippen molar-refractivity contribution >= 4 is 23.0 Å². The molecule has 2 N–H and O–H groups in total. The van der Waals surface area contributed by atoms with Crippen LogP contribution in [0.5, 0.6) is 5.75 Å². The van der Waals surface area contributed by atoms with Gasteiger partial charge in [-0.15, -0.1) is 11.3 Å². The second-order valence-corrected chi connectivity index (χ2v) is 7.78. The average molecular weight is 401 g/mol. The molecule has 7 heteroatoms. The van der Waals surface area contributed by atoms with Crippen LogP contribution in [0.15, 0.2) is 53.1 Å². The minimum absolute atomic E-state index is 0.0721. The van der Waals surface area contributed by atoms with Crippen molar-refractivity contribution in [3.8, 4) is 5.75 Å². The minimum atomic E-state index is -0.707. The van der Waals surface area contributed by atoms with E-state index in [0.29, 0.717) is 30.0 Å². The number of nitrogens with zero attached hydrogens (tertiary/aromatic N) is 1. The average Bonchev–Trinajstić information content (AvgIpc) is 3.28. The van der Waals surface area contributed by atoms with Crippen molar-refractivity contribution in [2.75, 3.05) is 13.2 Å². The van der Waals surface area contributed by atoms with E-state index in [1.54, 1.807) is 29.6 Å². The third-order valence-corrected chi connectivity index (χ3v) is 5.37. The van der Waals surface area contributed by atoms with Crippen LogP contribution in [-0.4, -0.2) is 46.1 Å². The number of thiophene rings is 1. The van der Waals surface area contributed by atoms with E-state index in [4.69, 9.17) is 4.74 Å². The SMILES string of the molecule is CC(C)OCCCN1C(=O)C(O)=C(C(=O)c2cccs2)C1c1ccc(O)cc1. The monoisotopic (exact) mass is 401 g/mol. The number of Topliss-reactive ketones (excluding diaryl/α,β-unsaturated/α-hetero) is 1. The van der Waals surface area contributed by atoms with Crippen LogP contribution in [-0.2, 0) is 9.53 Å². The van der Waals surface area contributed by atoms with Crippen molar-refractivity contribution in [3.63, 3.8) is 0 Å². The number of phenols is 1. The lowest BCUT2D eigenvalue weighted by Gasteiger charge is -2.27. The van der Waals surface area contributed by atoms with E-state index >= 15 is 0 Å². The lowest BCUT2D eigenvalue weighted by molar-refractivity contribution is -0.129. The second-order valence-electron chi connectivity index (χ2n) is 6.83. The zero-order chi connectivity index (χ0) is 20.3. The predicted octanol–water partition coefficient (Wildman–Crippen LogP) is 3.85. The molecule has 1 atom stereocenters. The first-order valence-corrected chi connectivity index (χ1v) is 10.0. The summed E-state index contributed by atoms with van der Waals surface area (Å²) >= 11 is 1.26. The van der Waals surface area contributed by atoms with E-state index in [1.807, 2.05) is 13.8 Å². The Morgan fingerprint density at radius 1 is 1.21 bits per heavy atom. The summed E-state index contributed by atoms with van der Waals surface area (Å²) in [5.74, 6) is -1.35. The molecule has 1 aromatic carbocycles. The Labute approximate surface area is 167 Å². The Hall–Kier alpha value is -2.64. The van der Waals surface area contributed by atoms with Crippen LogP contribution in [0.1, 0.15) is 41.5 Å². The summed E-state index contributed by atoms with van der Waals surface area (Å²) in [7, 11) is 0. The van der Waals surface area contributed by atoms with E-state index in [9.17, 15) is 19.8 Å². The molecule has 6 nitrogen and oxygen atoms in total. The Kier molecular flexibility index (Phi) is 6.16. The summed E-state index contributed by atoms with van der Waals surface area (Å²) in [6, 6.07) is 9.04. The van der Waals surface area contributed by atoms with Crippen LogP contribution in [0.2, 0.25) is 0 Å². The fourth-order valence-corrected chi connectivity index (χ4v) is 3.89. The lowest BCUT2D eigenvalue weighted by atomic mass is 9.95. The summed E-state index contributed by atoms with van der Waals surface area (Å²) in [6.45, 7) is 4.68. The normalized spacial score (nSPS) is 17.0. The van der Waals surface area contributed by atoms with Gasteiger partial charge in [0.1, 0.15) is 5.75 Å². The molecule has 1 aromatic heterocycles. The highest BCUT2D eigenvalue weighted by atomic mass is 32.1. The summed E-state index contributed by atoms with van der Waals surface area (Å²) in [5.41, 5.74) is 0.725. The standard InChI is InChI=1S/C21H23NO5S/c1-13(2)27-11-4-10-22-18(14-6-8-15(23)9-7-14)17(20(25)21(22)26)19(24)16-5-3-12-28-16/h3,5-9,12-13,18,23,25H,4,10-11H2,1-2H3. The number of aromatic hydroxyl groups is 1. The summed E-state index contributed by atoms with van der Waals surface area (Å²) in [6.07, 6.45) is 0.663. The maximum atomic E-state index is 13.0. The van der Waals surface area contributed by atoms with Gasteiger partial charge in [0.05, 0.1) is 22.6 Å². The van der Waals surface area contributed by atoms with Crippen molar-refractivity contribution in [1.29, 1.82) is 0 Å². The molecule has 1 amide bonds. The van der Waals surface area contributed by atoms with Crippen LogP contribution in [0.4, 0.5) is 0 Å². The van der Waals surface area contributed by atoms with Crippen molar-refractivity contribution in [2.24, 2.45) is 0 Å². The summed E-state index contributed by atoms with van der Waals surface area (Å²) in [5, 5.41) is 21.9. The number of hydrogen-bond acceptors (Lipinski definition) is 6. The van der Waals surface area contributed by atoms with Gasteiger partial charge in [0.15, 0.2) is 5.76 Å². The number of ketones is 1. The number of aliphatic hydroxyl groups excluding tert-OH is 1. The zero-order valence-electron chi connectivity index (χ0n) is 15.8. The highest BCUT2D eigenvalue weighted by Crippen LogP contribution is 2.39. The molecule has 2 heterocycles. The topological polar surface area (TPSA) is 87.1 Å². The first kappa shape index (κ1) is 20.1. The fourth-order valence-electron chi connectivity index (χ4n) is 3.21. The van der Waals surface area contributed by atoms with Gasteiger partial charge in [-0.3, -0.25) is 9.59 Å². The molecule has 0 bridgehead atoms. The molecular weight excluding hydrogens is 378 g/mol. The highest BCUT2D eigenvalue weighted by molar-refractivity contribution is 7.12. The van der Waals surface area contributed by atoms with Crippen molar-refractivity contribution < 1.29 is 24.5 Å². The Balaban J connectivity index is 1.93. The van der Waals surface area contributed by atoms with Crippen LogP contribution in [0, 0.1) is 0 Å². The van der Waals surface area contributed by atoms with E-state index < -0.39 is 17.7 Å². The maximum Gasteiger partial charge on any atom is 0.290 e. The number of phenolic OH excluding ortho intramolecular Hbond substituents is 1. The molecule has 1 aliphatic heterocycles. The van der Waals surface area contributed by atoms with E-state index in [2.05, 4.69) is 0 Å². The first-order valence-electron chi connectivity index (χ1n) is 9.13. The van der Waals surface area contributed by atoms with Gasteiger partial charge in [-0.1, -0.05) is 18.2 Å². The molecule has 1 unspecified atom stereocenters. The number of rotatable bonds is 8. The third kappa shape index (κ3) is 4.10. The zero-order valence-corrected chi connectivity index (χ0v) is 16.6. The minimum Gasteiger partial charge on any atom is -0.508 e. The van der Waals surface area contributed by atoms with Gasteiger partial charge in [0, 0.05) is 13.2 Å². The number of carbonyl (C=O) groups is 2. The van der Waals surface area contributed by atoms with Gasteiger partial charge in [0.2, 0.25) is 5.78 Å². The highest BCUT2D eigenvalue weighted by Gasteiger charge is 2.43. The number of amides is 1. The van der Waals surface area contributed by atoms with Gasteiger partial charge >= 0.3 is 0 Å². The van der Waals surface area contributed by atoms with Crippen LogP contribution < -0.4 is 0 Å². The Morgan fingerprint density at radius 2 is 1.93 bits per heavy atom. The van der Waals surface area contributed by atoms with Crippen LogP contribution in [0.3, 0.4) is 0 Å². The Bertz CT molecular complexity index is 871. The van der Waals surface area contributed by atoms with Crippen LogP contribution >= 0.6 is 11.3 Å². The molecule has 148 valence electrons. The van der Waals surface area contributed by atoms with Gasteiger partial charge in [-0.25, -0.2) is 0 Å². The van der Waals surface area contributed by atoms with Gasteiger partial charge < -0.3 is 19.8 Å². The molecule has 0 fully saturated rings. The molecule has 0 spiro atoms. The van der Waals surface area contributed by atoms with Crippen molar-refractivity contribution in [3.05, 3.63) is 63.6 Å². The molecule has 0 saturated carbocycles. The molecule has 2 aromatic rings. The quantitative estimate of drug-likeness (QED) is 0.518. The molecule has 1 aliphatic rings. The molecule has 0 aliphatic carbocycles. The molecule has 3 rings (SSSR count). The van der Waals surface area contributed by atoms with Crippen molar-refractivity contribution in [2.45, 2.75) is 32.4 Å². The van der Waals surface area contributed by atoms with Crippen molar-refractivity contribution in [1.82, 2.24) is 4.90 Å². The van der Waals surface area contributed by atoms with Gasteiger partial charge in [0.25, 0.3) is 5.91 Å². The lowest BCUT2D eigenvalue weighted by Crippen LogP contribution is -2.32. The summed E-state index contributed by atoms with van der Waals surface area (Å²) in [4.78, 5) is 27.7. The number of aliphatic hydroxyl groups is 1. The maximum absolute atomic E-state index is 13.0. The number of hydrogen-bond donors (Lipinski definition) is 2. The second kappa shape index (κ2) is 8.58. The molecule has 0 radical (unpaired) electrons. The molecular formula is C21H23NO5S. The van der Waals surface area contributed by atoms with E-state index in [1.165, 1.54) is 28.4 Å². The summed E-state index contributed by atoms with van der Waals surface area (Å²) < 4.78 is 5.54. The largest absolute Gasteiger partial charge is 0.508 e. The number of benzene rings is 1. The predicted molar refractivity (Wildman–Crippen MR) is 107 cm³/mol. The van der Waals surface area contributed by atoms with E-state index in [0.717, 1.165) is 0 Å². The number of carbonyl (C=O) groups excluding carboxylic acids is 2. The fraction of sp³-hybridized carbons (Fsp3) is 0.333. The Morgan fingerprint density at radius 3 is 2.54 bits per heavy atom. The molecule has 0 saturated heterocycles. The first-order chi connectivity index (χ1) is 13.4. The van der Waals surface area contributed by atoms with Gasteiger partial charge in [-0.05, 0) is 49.4 Å². The number of ether oxygens (including phenoxy) is 1.